The fourth-order valence-electron chi connectivity index (χ4n) is 11.3. The van der Waals surface area contributed by atoms with Crippen molar-refractivity contribution in [2.45, 2.75) is 0 Å². The van der Waals surface area contributed by atoms with Gasteiger partial charge < -0.3 is 14.3 Å². The quantitative estimate of drug-likeness (QED) is 0.188. The highest BCUT2D eigenvalue weighted by atomic mass is 16.3. The van der Waals surface area contributed by atoms with Crippen molar-refractivity contribution in [3.05, 3.63) is 251 Å². The lowest BCUT2D eigenvalue weighted by Gasteiger charge is -2.46. The molecular formula is C61H38N2O. The smallest absolute Gasteiger partial charge is 0.136 e. The molecule has 0 aliphatic heterocycles. The van der Waals surface area contributed by atoms with E-state index in [9.17, 15) is 0 Å². The summed E-state index contributed by atoms with van der Waals surface area (Å²) < 4.78 is 6.54. The zero-order chi connectivity index (χ0) is 41.9. The summed E-state index contributed by atoms with van der Waals surface area (Å²) in [5.41, 5.74) is 21.3. The second kappa shape index (κ2) is 13.3. The van der Waals surface area contributed by atoms with Crippen molar-refractivity contribution in [2.75, 3.05) is 4.90 Å². The Morgan fingerprint density at radius 1 is 0.422 bits per heavy atom. The van der Waals surface area contributed by atoms with Gasteiger partial charge in [-0.2, -0.15) is 0 Å². The second-order valence-electron chi connectivity index (χ2n) is 17.2. The minimum absolute atomic E-state index is 0.673. The summed E-state index contributed by atoms with van der Waals surface area (Å²) in [4.78, 5) is 6.43. The van der Waals surface area contributed by atoms with E-state index in [-0.39, 0.29) is 0 Å². The van der Waals surface area contributed by atoms with Crippen molar-refractivity contribution >= 4 is 78.4 Å². The number of aromatic nitrogens is 1. The van der Waals surface area contributed by atoms with Gasteiger partial charge in [0.1, 0.15) is 11.2 Å². The fraction of sp³-hybridized carbons (Fsp3) is 0.0164. The van der Waals surface area contributed by atoms with E-state index in [4.69, 9.17) is 4.42 Å². The lowest BCUT2D eigenvalue weighted by molar-refractivity contribution is 0.669. The summed E-state index contributed by atoms with van der Waals surface area (Å²) in [5.74, 6) is 0. The van der Waals surface area contributed by atoms with Gasteiger partial charge in [0.2, 0.25) is 0 Å². The first-order chi connectivity index (χ1) is 31.7. The number of hydrogen-bond acceptors (Lipinski definition) is 2. The van der Waals surface area contributed by atoms with Crippen LogP contribution in [0.5, 0.6) is 0 Å². The van der Waals surface area contributed by atoms with Crippen LogP contribution in [0.25, 0.3) is 89.3 Å². The first-order valence-corrected chi connectivity index (χ1v) is 22.1. The van der Waals surface area contributed by atoms with E-state index in [0.717, 1.165) is 72.3 Å². The number of nitrogens with one attached hydrogen (secondary N) is 1. The normalized spacial score (nSPS) is 16.9. The van der Waals surface area contributed by atoms with Gasteiger partial charge in [-0.1, -0.05) is 176 Å². The van der Waals surface area contributed by atoms with Gasteiger partial charge >= 0.3 is 0 Å². The predicted octanol–water partition coefficient (Wildman–Crippen LogP) is 16.1. The molecule has 0 amide bonds. The first kappa shape index (κ1) is 35.2. The number of fused-ring (bicyclic) bond motifs is 14. The Balaban J connectivity index is 1.10. The summed E-state index contributed by atoms with van der Waals surface area (Å²) >= 11 is 0. The summed E-state index contributed by atoms with van der Waals surface area (Å²) in [5, 5.41) is 4.65. The number of aromatic amines is 1. The van der Waals surface area contributed by atoms with E-state index in [1.54, 1.807) is 0 Å². The van der Waals surface area contributed by atoms with Crippen molar-refractivity contribution in [1.29, 1.82) is 0 Å². The summed E-state index contributed by atoms with van der Waals surface area (Å²) in [6.07, 6.45) is 16.8. The van der Waals surface area contributed by atoms with E-state index >= 15 is 0 Å². The topological polar surface area (TPSA) is 32.2 Å². The van der Waals surface area contributed by atoms with Gasteiger partial charge in [0, 0.05) is 49.4 Å². The monoisotopic (exact) mass is 814 g/mol. The number of para-hydroxylation sites is 5. The van der Waals surface area contributed by atoms with Crippen LogP contribution < -0.4 is 4.90 Å². The zero-order valence-electron chi connectivity index (χ0n) is 34.7. The van der Waals surface area contributed by atoms with Crippen molar-refractivity contribution < 1.29 is 4.42 Å². The standard InChI is InChI=1S/C61H38N2O/c1-3-18-40-38(16-1)36-51-42(40)27-15-35-61(51)52-37-39-17-2-4-19-41(39)43(52)33-34-58(61)63(54-29-10-6-21-45(54)47-24-14-32-57-59(47)50-23-8-12-31-56(50)64-57)55-30-11-7-22-46(55)49-26-13-25-48-44-20-5-9-28-53(44)62-60(48)49/h1-37,62H. The third kappa shape index (κ3) is 4.81. The van der Waals surface area contributed by atoms with Crippen molar-refractivity contribution in [1.82, 2.24) is 4.98 Å². The maximum absolute atomic E-state index is 6.54. The van der Waals surface area contributed by atoms with Crippen LogP contribution in [0.15, 0.2) is 234 Å². The van der Waals surface area contributed by atoms with E-state index in [0.29, 0.717) is 0 Å². The third-order valence-electron chi connectivity index (χ3n) is 14.0. The molecule has 298 valence electrons. The molecule has 14 rings (SSSR count). The molecule has 2 aromatic heterocycles. The zero-order valence-corrected chi connectivity index (χ0v) is 34.7. The Hall–Kier alpha value is -8.40. The van der Waals surface area contributed by atoms with Gasteiger partial charge in [-0.25, -0.2) is 0 Å². The molecule has 4 aliphatic rings. The minimum atomic E-state index is -0.673. The van der Waals surface area contributed by atoms with Crippen LogP contribution in [0.3, 0.4) is 0 Å². The molecule has 1 atom stereocenters. The molecule has 4 aliphatic carbocycles. The van der Waals surface area contributed by atoms with Crippen LogP contribution in [-0.4, -0.2) is 4.98 Å². The molecule has 0 saturated heterocycles. The number of benzene rings is 8. The van der Waals surface area contributed by atoms with E-state index in [2.05, 4.69) is 228 Å². The van der Waals surface area contributed by atoms with Crippen LogP contribution in [0.2, 0.25) is 0 Å². The Morgan fingerprint density at radius 2 is 0.969 bits per heavy atom. The molecule has 1 N–H and O–H groups in total. The minimum Gasteiger partial charge on any atom is -0.456 e. The highest BCUT2D eigenvalue weighted by Gasteiger charge is 2.50. The van der Waals surface area contributed by atoms with Crippen molar-refractivity contribution in [2.24, 2.45) is 5.41 Å². The number of anilines is 2. The molecular weight excluding hydrogens is 777 g/mol. The summed E-state index contributed by atoms with van der Waals surface area (Å²) in [6.45, 7) is 0. The lowest BCUT2D eigenvalue weighted by atomic mass is 9.63. The van der Waals surface area contributed by atoms with Gasteiger partial charge in [0.05, 0.1) is 22.3 Å². The number of rotatable bonds is 5. The lowest BCUT2D eigenvalue weighted by Crippen LogP contribution is -2.37. The molecule has 0 fully saturated rings. The van der Waals surface area contributed by atoms with Crippen molar-refractivity contribution in [3.63, 3.8) is 0 Å². The third-order valence-corrected chi connectivity index (χ3v) is 14.0. The summed E-state index contributed by atoms with van der Waals surface area (Å²) in [6, 6.07) is 65.9. The molecule has 0 radical (unpaired) electrons. The highest BCUT2D eigenvalue weighted by Crippen LogP contribution is 2.64. The van der Waals surface area contributed by atoms with E-state index < -0.39 is 5.41 Å². The number of furan rings is 1. The van der Waals surface area contributed by atoms with E-state index in [1.165, 1.54) is 55.3 Å². The Labute approximate surface area is 370 Å². The van der Waals surface area contributed by atoms with Gasteiger partial charge in [0.15, 0.2) is 0 Å². The number of allylic oxidation sites excluding steroid dienone is 7. The molecule has 0 saturated carbocycles. The number of nitrogens with zero attached hydrogens (tertiary/aromatic N) is 1. The molecule has 10 aromatic rings. The van der Waals surface area contributed by atoms with Gasteiger partial charge in [0.25, 0.3) is 0 Å². The molecule has 0 bridgehead atoms. The second-order valence-corrected chi connectivity index (χ2v) is 17.2. The Morgan fingerprint density at radius 3 is 1.73 bits per heavy atom. The maximum atomic E-state index is 6.54. The molecule has 3 nitrogen and oxygen atoms in total. The van der Waals surface area contributed by atoms with Crippen molar-refractivity contribution in [3.8, 4) is 22.3 Å². The van der Waals surface area contributed by atoms with Crippen LogP contribution in [0.1, 0.15) is 22.3 Å². The average molecular weight is 815 g/mol. The predicted molar refractivity (Wildman–Crippen MR) is 267 cm³/mol. The van der Waals surface area contributed by atoms with E-state index in [1.807, 2.05) is 6.07 Å². The Bertz CT molecular complexity index is 3840. The molecule has 1 unspecified atom stereocenters. The highest BCUT2D eigenvalue weighted by molar-refractivity contribution is 6.16. The Kier molecular flexibility index (Phi) is 7.32. The van der Waals surface area contributed by atoms with Crippen LogP contribution in [-0.2, 0) is 0 Å². The van der Waals surface area contributed by atoms with Crippen LogP contribution >= 0.6 is 0 Å². The molecule has 3 heteroatoms. The maximum Gasteiger partial charge on any atom is 0.136 e. The van der Waals surface area contributed by atoms with Crippen LogP contribution in [0, 0.1) is 5.41 Å². The van der Waals surface area contributed by atoms with Gasteiger partial charge in [-0.15, -0.1) is 0 Å². The average Bonchev–Trinajstić information content (AvgIpc) is 4.14. The SMILES string of the molecule is C1=CC2(C3=Cc4ccccc4C3=C1)C1=Cc3ccccc3C1=CC=C2N(c1ccccc1-c1cccc2c1[nH]c1ccccc12)c1ccccc1-c1cccc2oc3ccccc3c12. The summed E-state index contributed by atoms with van der Waals surface area (Å²) in [7, 11) is 0. The van der Waals surface area contributed by atoms with Crippen LogP contribution in [0.4, 0.5) is 11.4 Å². The largest absolute Gasteiger partial charge is 0.456 e. The molecule has 8 aromatic carbocycles. The molecule has 1 spiro atoms. The number of H-pyrrole nitrogens is 1. The molecule has 2 heterocycles. The number of hydrogen-bond donors (Lipinski definition) is 1. The first-order valence-electron chi connectivity index (χ1n) is 22.1. The molecule has 64 heavy (non-hydrogen) atoms. The van der Waals surface area contributed by atoms with Gasteiger partial charge in [-0.05, 0) is 98.7 Å². The fourth-order valence-corrected chi connectivity index (χ4v) is 11.3. The van der Waals surface area contributed by atoms with Gasteiger partial charge in [-0.3, -0.25) is 0 Å².